The quantitative estimate of drug-likeness (QED) is 0.158. The number of carbonyl (C=O) groups is 1. The molecule has 0 saturated carbocycles. The van der Waals surface area contributed by atoms with Crippen LogP contribution in [0.3, 0.4) is 0 Å². The number of aliphatic carboxylic acids is 1. The molecule has 0 radical (unpaired) electrons. The van der Waals surface area contributed by atoms with E-state index in [9.17, 15) is 13.8 Å². The van der Waals surface area contributed by atoms with Gasteiger partial charge in [0, 0.05) is 11.1 Å². The van der Waals surface area contributed by atoms with Crippen molar-refractivity contribution < 1.29 is 28.1 Å². The monoisotopic (exact) mass is 497 g/mol. The molecular formula is C27H29FNO5P. The highest BCUT2D eigenvalue weighted by atomic mass is 31.2. The molecule has 184 valence electrons. The highest BCUT2D eigenvalue weighted by molar-refractivity contribution is 7.64. The van der Waals surface area contributed by atoms with E-state index >= 15 is 0 Å². The molecule has 0 spiro atoms. The highest BCUT2D eigenvalue weighted by Gasteiger charge is 2.25. The number of allylic oxidation sites excluding steroid dienone is 1. The van der Waals surface area contributed by atoms with E-state index < -0.39 is 13.3 Å². The van der Waals surface area contributed by atoms with Crippen molar-refractivity contribution in [3.63, 3.8) is 0 Å². The first kappa shape index (κ1) is 26.3. The zero-order valence-corrected chi connectivity index (χ0v) is 21.1. The van der Waals surface area contributed by atoms with Gasteiger partial charge in [0.1, 0.15) is 17.3 Å². The molecule has 0 fully saturated rings. The van der Waals surface area contributed by atoms with Gasteiger partial charge in [0.2, 0.25) is 0 Å². The number of benzene rings is 2. The lowest BCUT2D eigenvalue weighted by Crippen LogP contribution is -2.05. The number of rotatable bonds is 9. The molecule has 35 heavy (non-hydrogen) atoms. The van der Waals surface area contributed by atoms with Gasteiger partial charge >= 0.3 is 5.97 Å². The van der Waals surface area contributed by atoms with Gasteiger partial charge in [-0.1, -0.05) is 32.0 Å². The molecule has 0 saturated heterocycles. The van der Waals surface area contributed by atoms with Crippen LogP contribution in [-0.2, 0) is 18.6 Å². The maximum atomic E-state index is 13.7. The van der Waals surface area contributed by atoms with E-state index in [1.54, 1.807) is 26.0 Å². The number of carboxylic acids is 1. The van der Waals surface area contributed by atoms with E-state index in [0.29, 0.717) is 11.4 Å². The van der Waals surface area contributed by atoms with Gasteiger partial charge in [-0.25, -0.2) is 9.18 Å². The SMILES string of the molecule is CCO/C(=C/C(=O)O)CP(=O)(C#Cc1c(C(C)C)c2ccccc2n1-c1ccc(F)cc1)OCC. The van der Waals surface area contributed by atoms with Crippen molar-refractivity contribution >= 4 is 24.2 Å². The van der Waals surface area contributed by atoms with Crippen LogP contribution in [0.25, 0.3) is 16.6 Å². The van der Waals surface area contributed by atoms with Crippen molar-refractivity contribution in [2.75, 3.05) is 19.4 Å². The van der Waals surface area contributed by atoms with Gasteiger partial charge in [0.05, 0.1) is 31.0 Å². The Morgan fingerprint density at radius 3 is 2.43 bits per heavy atom. The first-order valence-electron chi connectivity index (χ1n) is 11.4. The molecule has 0 aliphatic heterocycles. The van der Waals surface area contributed by atoms with Crippen LogP contribution >= 0.6 is 7.37 Å². The van der Waals surface area contributed by atoms with Gasteiger partial charge < -0.3 is 18.9 Å². The van der Waals surface area contributed by atoms with E-state index in [0.717, 1.165) is 22.5 Å². The van der Waals surface area contributed by atoms with Crippen LogP contribution < -0.4 is 0 Å². The molecule has 2 aromatic carbocycles. The first-order chi connectivity index (χ1) is 16.7. The van der Waals surface area contributed by atoms with E-state index in [4.69, 9.17) is 14.4 Å². The average molecular weight is 498 g/mol. The Bertz CT molecular complexity index is 1350. The van der Waals surface area contributed by atoms with Gasteiger partial charge in [-0.2, -0.15) is 0 Å². The molecule has 6 nitrogen and oxygen atoms in total. The number of carboxylic acid groups (broad SMARTS) is 1. The van der Waals surface area contributed by atoms with Crippen LogP contribution in [0.15, 0.2) is 60.4 Å². The number of hydrogen-bond acceptors (Lipinski definition) is 4. The van der Waals surface area contributed by atoms with Crippen LogP contribution in [0.1, 0.15) is 44.9 Å². The summed E-state index contributed by atoms with van der Waals surface area (Å²) < 4.78 is 40.2. The molecule has 1 atom stereocenters. The summed E-state index contributed by atoms with van der Waals surface area (Å²) in [6, 6.07) is 13.9. The fraction of sp³-hybridized carbons (Fsp3) is 0.296. The molecule has 0 amide bonds. The number of hydrogen-bond donors (Lipinski definition) is 1. The highest BCUT2D eigenvalue weighted by Crippen LogP contribution is 2.48. The van der Waals surface area contributed by atoms with Crippen molar-refractivity contribution in [3.05, 3.63) is 77.4 Å². The van der Waals surface area contributed by atoms with Gasteiger partial charge in [-0.3, -0.25) is 4.57 Å². The van der Waals surface area contributed by atoms with Crippen molar-refractivity contribution in [1.29, 1.82) is 0 Å². The van der Waals surface area contributed by atoms with E-state index in [1.165, 1.54) is 12.1 Å². The predicted octanol–water partition coefficient (Wildman–Crippen LogP) is 6.52. The van der Waals surface area contributed by atoms with Crippen LogP contribution in [0.5, 0.6) is 0 Å². The second-order valence-corrected chi connectivity index (χ2v) is 10.3. The minimum Gasteiger partial charge on any atom is -0.497 e. The van der Waals surface area contributed by atoms with E-state index in [2.05, 4.69) is 11.6 Å². The van der Waals surface area contributed by atoms with Gasteiger partial charge in [-0.15, -0.1) is 0 Å². The van der Waals surface area contributed by atoms with Crippen LogP contribution in [0.2, 0.25) is 0 Å². The molecule has 1 aromatic heterocycles. The Morgan fingerprint density at radius 1 is 1.14 bits per heavy atom. The Kier molecular flexibility index (Phi) is 8.56. The Labute approximate surface area is 204 Å². The predicted molar refractivity (Wildman–Crippen MR) is 136 cm³/mol. The second kappa shape index (κ2) is 11.4. The number of aromatic nitrogens is 1. The molecule has 1 unspecified atom stereocenters. The van der Waals surface area contributed by atoms with Crippen molar-refractivity contribution in [3.8, 4) is 17.3 Å². The molecule has 8 heteroatoms. The van der Waals surface area contributed by atoms with Crippen molar-refractivity contribution in [2.24, 2.45) is 0 Å². The molecular weight excluding hydrogens is 468 g/mol. The Morgan fingerprint density at radius 2 is 1.83 bits per heavy atom. The van der Waals surface area contributed by atoms with Gasteiger partial charge in [0.15, 0.2) is 0 Å². The van der Waals surface area contributed by atoms with Crippen LogP contribution in [0, 0.1) is 17.4 Å². The summed E-state index contributed by atoms with van der Waals surface area (Å²) in [5.41, 5.74) is 6.01. The molecule has 0 bridgehead atoms. The summed E-state index contributed by atoms with van der Waals surface area (Å²) >= 11 is 0. The third-order valence-electron chi connectivity index (χ3n) is 5.24. The van der Waals surface area contributed by atoms with Gasteiger partial charge in [0.25, 0.3) is 7.37 Å². The standard InChI is InChI=1S/C27H29FNO5P/c1-5-33-22(17-26(30)31)18-35(32,34-6-2)16-15-25-27(19(3)4)23-9-7-8-10-24(23)29(25)21-13-11-20(28)12-14-21/h7-14,17,19H,5-6,18H2,1-4H3,(H,30,31)/b22-17+. The Hall–Kier alpha value is -3.33. The van der Waals surface area contributed by atoms with E-state index in [-0.39, 0.29) is 36.9 Å². The molecule has 3 aromatic rings. The topological polar surface area (TPSA) is 77.8 Å². The zero-order valence-electron chi connectivity index (χ0n) is 20.2. The molecule has 0 aliphatic carbocycles. The summed E-state index contributed by atoms with van der Waals surface area (Å²) in [7, 11) is -3.63. The third-order valence-corrected chi connectivity index (χ3v) is 7.09. The molecule has 3 rings (SSSR count). The fourth-order valence-corrected chi connectivity index (χ4v) is 5.48. The zero-order chi connectivity index (χ0) is 25.6. The molecule has 1 N–H and O–H groups in total. The summed E-state index contributed by atoms with van der Waals surface area (Å²) in [5, 5.41) is 10.1. The van der Waals surface area contributed by atoms with Gasteiger partial charge in [-0.05, 0) is 67.2 Å². The Balaban J connectivity index is 2.24. The fourth-order valence-electron chi connectivity index (χ4n) is 3.96. The largest absolute Gasteiger partial charge is 0.497 e. The number of ether oxygens (including phenoxy) is 1. The maximum Gasteiger partial charge on any atom is 0.331 e. The number of fused-ring (bicyclic) bond motifs is 1. The lowest BCUT2D eigenvalue weighted by atomic mass is 9.99. The van der Waals surface area contributed by atoms with E-state index in [1.807, 2.05) is 42.7 Å². The van der Waals surface area contributed by atoms with Crippen molar-refractivity contribution in [1.82, 2.24) is 4.57 Å². The number of nitrogens with zero attached hydrogens (tertiary/aromatic N) is 1. The lowest BCUT2D eigenvalue weighted by Gasteiger charge is -2.15. The summed E-state index contributed by atoms with van der Waals surface area (Å²) in [6.45, 7) is 7.86. The second-order valence-electron chi connectivity index (χ2n) is 8.11. The minimum absolute atomic E-state index is 0.0363. The van der Waals surface area contributed by atoms with Crippen LogP contribution in [-0.4, -0.2) is 35.0 Å². The lowest BCUT2D eigenvalue weighted by molar-refractivity contribution is -0.131. The number of para-hydroxylation sites is 1. The minimum atomic E-state index is -3.63. The van der Waals surface area contributed by atoms with Crippen molar-refractivity contribution in [2.45, 2.75) is 33.6 Å². The third kappa shape index (κ3) is 6.22. The number of halogens is 1. The maximum absolute atomic E-state index is 13.7. The summed E-state index contributed by atoms with van der Waals surface area (Å²) in [6.07, 6.45) is 0.619. The molecule has 1 heterocycles. The summed E-state index contributed by atoms with van der Waals surface area (Å²) in [4.78, 5) is 11.2. The average Bonchev–Trinajstić information content (AvgIpc) is 3.13. The normalized spacial score (nSPS) is 13.4. The smallest absolute Gasteiger partial charge is 0.331 e. The molecule has 0 aliphatic rings. The summed E-state index contributed by atoms with van der Waals surface area (Å²) in [5.74, 6) is 1.66. The first-order valence-corrected chi connectivity index (χ1v) is 13.2. The van der Waals surface area contributed by atoms with Crippen LogP contribution in [0.4, 0.5) is 4.39 Å².